The molecule has 1 atom stereocenters. The number of aryl methyl sites for hydroxylation is 1. The Morgan fingerprint density at radius 1 is 1.08 bits per heavy atom. The molecule has 0 radical (unpaired) electrons. The van der Waals surface area contributed by atoms with Gasteiger partial charge in [-0.15, -0.1) is 0 Å². The van der Waals surface area contributed by atoms with Gasteiger partial charge in [0.2, 0.25) is 10.0 Å². The first-order valence-corrected chi connectivity index (χ1v) is 9.62. The molecule has 0 aliphatic heterocycles. The summed E-state index contributed by atoms with van der Waals surface area (Å²) in [6, 6.07) is 16.2. The van der Waals surface area contributed by atoms with Crippen molar-refractivity contribution in [3.63, 3.8) is 0 Å². The number of carbonyl (C=O) groups is 1. The van der Waals surface area contributed by atoms with Crippen molar-refractivity contribution in [1.82, 2.24) is 9.62 Å². The standard InChI is InChI=1S/C19H24N2O3S/c1-15(12-13-16-8-5-4-6-9-16)20-19(22)17-10-7-11-18(14-17)25(23,24)21(2)3/h4-11,14-15H,12-13H2,1-3H3,(H,20,22)/t15-/m1/s1. The summed E-state index contributed by atoms with van der Waals surface area (Å²) in [5.74, 6) is -0.267. The predicted octanol–water partition coefficient (Wildman–Crippen LogP) is 2.69. The second-order valence-electron chi connectivity index (χ2n) is 6.21. The zero-order valence-corrected chi connectivity index (χ0v) is 15.6. The van der Waals surface area contributed by atoms with Crippen molar-refractivity contribution < 1.29 is 13.2 Å². The molecule has 2 aromatic rings. The summed E-state index contributed by atoms with van der Waals surface area (Å²) in [5.41, 5.74) is 1.57. The molecule has 0 unspecified atom stereocenters. The zero-order chi connectivity index (χ0) is 18.4. The van der Waals surface area contributed by atoms with Crippen LogP contribution in [0.25, 0.3) is 0 Å². The van der Waals surface area contributed by atoms with Gasteiger partial charge in [-0.2, -0.15) is 0 Å². The fraction of sp³-hybridized carbons (Fsp3) is 0.316. The quantitative estimate of drug-likeness (QED) is 0.825. The SMILES string of the molecule is C[C@H](CCc1ccccc1)NC(=O)c1cccc(S(=O)(=O)N(C)C)c1. The van der Waals surface area contributed by atoms with E-state index in [0.717, 1.165) is 17.1 Å². The van der Waals surface area contributed by atoms with E-state index in [9.17, 15) is 13.2 Å². The highest BCUT2D eigenvalue weighted by Gasteiger charge is 2.19. The van der Waals surface area contributed by atoms with Crippen molar-refractivity contribution in [2.75, 3.05) is 14.1 Å². The van der Waals surface area contributed by atoms with E-state index >= 15 is 0 Å². The molecular formula is C19H24N2O3S. The summed E-state index contributed by atoms with van der Waals surface area (Å²) < 4.78 is 25.5. The van der Waals surface area contributed by atoms with E-state index in [0.29, 0.717) is 5.56 Å². The van der Waals surface area contributed by atoms with Crippen LogP contribution in [0.5, 0.6) is 0 Å². The summed E-state index contributed by atoms with van der Waals surface area (Å²) in [6.07, 6.45) is 1.68. The number of nitrogens with zero attached hydrogens (tertiary/aromatic N) is 1. The second-order valence-corrected chi connectivity index (χ2v) is 8.37. The molecule has 0 saturated heterocycles. The number of carbonyl (C=O) groups excluding carboxylic acids is 1. The number of sulfonamides is 1. The Labute approximate surface area is 149 Å². The Kier molecular flexibility index (Phi) is 6.33. The Balaban J connectivity index is 2.01. The molecule has 0 saturated carbocycles. The molecule has 5 nitrogen and oxygen atoms in total. The van der Waals surface area contributed by atoms with Crippen LogP contribution in [0, 0.1) is 0 Å². The van der Waals surface area contributed by atoms with Crippen LogP contribution in [-0.2, 0) is 16.4 Å². The number of hydrogen-bond donors (Lipinski definition) is 1. The highest BCUT2D eigenvalue weighted by atomic mass is 32.2. The van der Waals surface area contributed by atoms with Gasteiger partial charge in [-0.3, -0.25) is 4.79 Å². The van der Waals surface area contributed by atoms with Gasteiger partial charge >= 0.3 is 0 Å². The van der Waals surface area contributed by atoms with Gasteiger partial charge in [-0.25, -0.2) is 12.7 Å². The maximum absolute atomic E-state index is 12.4. The van der Waals surface area contributed by atoms with E-state index in [4.69, 9.17) is 0 Å². The second kappa shape index (κ2) is 8.27. The smallest absolute Gasteiger partial charge is 0.251 e. The molecule has 0 heterocycles. The van der Waals surface area contributed by atoms with Gasteiger partial charge in [0.25, 0.3) is 5.91 Å². The molecule has 25 heavy (non-hydrogen) atoms. The molecule has 0 fully saturated rings. The number of nitrogens with one attached hydrogen (secondary N) is 1. The van der Waals surface area contributed by atoms with Crippen molar-refractivity contribution >= 4 is 15.9 Å². The third kappa shape index (κ3) is 5.14. The molecule has 2 aromatic carbocycles. The van der Waals surface area contributed by atoms with E-state index < -0.39 is 10.0 Å². The van der Waals surface area contributed by atoms with Crippen molar-refractivity contribution in [2.24, 2.45) is 0 Å². The molecule has 0 aliphatic rings. The third-order valence-electron chi connectivity index (χ3n) is 3.96. The van der Waals surface area contributed by atoms with Gasteiger partial charge in [-0.1, -0.05) is 36.4 Å². The minimum Gasteiger partial charge on any atom is -0.350 e. The molecule has 2 rings (SSSR count). The van der Waals surface area contributed by atoms with Gasteiger partial charge in [0.05, 0.1) is 4.90 Å². The van der Waals surface area contributed by atoms with Gasteiger partial charge in [-0.05, 0) is 43.5 Å². The molecule has 6 heteroatoms. The van der Waals surface area contributed by atoms with Gasteiger partial charge < -0.3 is 5.32 Å². The molecule has 0 spiro atoms. The summed E-state index contributed by atoms with van der Waals surface area (Å²) in [6.45, 7) is 1.95. The molecule has 1 amide bonds. The lowest BCUT2D eigenvalue weighted by molar-refractivity contribution is 0.0938. The van der Waals surface area contributed by atoms with E-state index in [1.807, 2.05) is 25.1 Å². The first-order chi connectivity index (χ1) is 11.8. The average molecular weight is 360 g/mol. The van der Waals surface area contributed by atoms with Crippen LogP contribution >= 0.6 is 0 Å². The Morgan fingerprint density at radius 3 is 2.40 bits per heavy atom. The fourth-order valence-electron chi connectivity index (χ4n) is 2.42. The Hall–Kier alpha value is -2.18. The Morgan fingerprint density at radius 2 is 1.76 bits per heavy atom. The molecule has 0 aliphatic carbocycles. The summed E-state index contributed by atoms with van der Waals surface area (Å²) in [5, 5.41) is 2.93. The lowest BCUT2D eigenvalue weighted by Crippen LogP contribution is -2.33. The monoisotopic (exact) mass is 360 g/mol. The highest BCUT2D eigenvalue weighted by molar-refractivity contribution is 7.89. The number of benzene rings is 2. The Bertz CT molecular complexity index is 818. The van der Waals surface area contributed by atoms with E-state index in [-0.39, 0.29) is 16.8 Å². The average Bonchev–Trinajstić information content (AvgIpc) is 2.60. The minimum atomic E-state index is -3.55. The van der Waals surface area contributed by atoms with Gasteiger partial charge in [0.1, 0.15) is 0 Å². The minimum absolute atomic E-state index is 0.0122. The molecule has 0 bridgehead atoms. The van der Waals surface area contributed by atoms with Crippen molar-refractivity contribution in [3.8, 4) is 0 Å². The number of hydrogen-bond acceptors (Lipinski definition) is 3. The van der Waals surface area contributed by atoms with Crippen LogP contribution in [0.3, 0.4) is 0 Å². The predicted molar refractivity (Wildman–Crippen MR) is 99.0 cm³/mol. The van der Waals surface area contributed by atoms with Gasteiger partial charge in [0.15, 0.2) is 0 Å². The molecular weight excluding hydrogens is 336 g/mol. The van der Waals surface area contributed by atoms with Crippen LogP contribution in [0.1, 0.15) is 29.3 Å². The van der Waals surface area contributed by atoms with Crippen molar-refractivity contribution in [2.45, 2.75) is 30.7 Å². The van der Waals surface area contributed by atoms with Crippen LogP contribution in [-0.4, -0.2) is 38.8 Å². The van der Waals surface area contributed by atoms with Crippen molar-refractivity contribution in [1.29, 1.82) is 0 Å². The first kappa shape index (κ1) is 19.1. The molecule has 1 N–H and O–H groups in total. The van der Waals surface area contributed by atoms with Crippen LogP contribution in [0.15, 0.2) is 59.5 Å². The lowest BCUT2D eigenvalue weighted by Gasteiger charge is -2.15. The topological polar surface area (TPSA) is 66.5 Å². The largest absolute Gasteiger partial charge is 0.350 e. The number of rotatable bonds is 7. The maximum atomic E-state index is 12.4. The van der Waals surface area contributed by atoms with Crippen LogP contribution in [0.2, 0.25) is 0 Å². The van der Waals surface area contributed by atoms with E-state index in [1.165, 1.54) is 31.8 Å². The summed E-state index contributed by atoms with van der Waals surface area (Å²) in [4.78, 5) is 12.5. The fourth-order valence-corrected chi connectivity index (χ4v) is 3.36. The van der Waals surface area contributed by atoms with E-state index in [2.05, 4.69) is 17.4 Å². The summed E-state index contributed by atoms with van der Waals surface area (Å²) >= 11 is 0. The third-order valence-corrected chi connectivity index (χ3v) is 5.77. The zero-order valence-electron chi connectivity index (χ0n) is 14.8. The highest BCUT2D eigenvalue weighted by Crippen LogP contribution is 2.15. The maximum Gasteiger partial charge on any atom is 0.251 e. The first-order valence-electron chi connectivity index (χ1n) is 8.18. The summed E-state index contributed by atoms with van der Waals surface area (Å²) in [7, 11) is -0.622. The van der Waals surface area contributed by atoms with Crippen molar-refractivity contribution in [3.05, 3.63) is 65.7 Å². The molecule has 0 aromatic heterocycles. The van der Waals surface area contributed by atoms with E-state index in [1.54, 1.807) is 12.1 Å². The molecule has 134 valence electrons. The van der Waals surface area contributed by atoms with Crippen LogP contribution in [0.4, 0.5) is 0 Å². The van der Waals surface area contributed by atoms with Gasteiger partial charge in [0, 0.05) is 25.7 Å². The normalized spacial score (nSPS) is 12.8. The van der Waals surface area contributed by atoms with Crippen LogP contribution < -0.4 is 5.32 Å². The number of amides is 1. The lowest BCUT2D eigenvalue weighted by atomic mass is 10.1.